The van der Waals surface area contributed by atoms with Crippen LogP contribution in [-0.4, -0.2) is 33.5 Å². The number of aromatic nitrogens is 3. The van der Waals surface area contributed by atoms with Crippen LogP contribution in [0, 0.1) is 0 Å². The Morgan fingerprint density at radius 2 is 1.96 bits per heavy atom. The lowest BCUT2D eigenvalue weighted by atomic mass is 10.0. The van der Waals surface area contributed by atoms with Crippen LogP contribution >= 0.6 is 11.8 Å². The Balaban J connectivity index is 1.72. The highest BCUT2D eigenvalue weighted by Gasteiger charge is 2.12. The largest absolute Gasteiger partial charge is 0.482 e. The molecular weight excluding hydrogens is 360 g/mol. The SMILES string of the molecule is CSc1cccc(NC(=O)COc2ccc(C(C)C)cc2-n2cnnc2)c1. The molecule has 3 aromatic rings. The molecule has 140 valence electrons. The van der Waals surface area contributed by atoms with E-state index in [-0.39, 0.29) is 12.5 Å². The van der Waals surface area contributed by atoms with E-state index >= 15 is 0 Å². The minimum Gasteiger partial charge on any atom is -0.482 e. The number of anilines is 1. The number of thioether (sulfide) groups is 1. The minimum atomic E-state index is -0.212. The van der Waals surface area contributed by atoms with Crippen molar-refractivity contribution in [3.63, 3.8) is 0 Å². The normalized spacial score (nSPS) is 10.8. The van der Waals surface area contributed by atoms with E-state index in [1.165, 1.54) is 5.56 Å². The van der Waals surface area contributed by atoms with E-state index in [2.05, 4.69) is 29.4 Å². The van der Waals surface area contributed by atoms with Crippen LogP contribution in [0.2, 0.25) is 0 Å². The summed E-state index contributed by atoms with van der Waals surface area (Å²) in [6.45, 7) is 4.17. The van der Waals surface area contributed by atoms with Gasteiger partial charge in [0.15, 0.2) is 6.61 Å². The first kappa shape index (κ1) is 19.0. The first-order chi connectivity index (χ1) is 13.1. The molecule has 0 fully saturated rings. The zero-order valence-electron chi connectivity index (χ0n) is 15.5. The molecule has 7 heteroatoms. The molecule has 1 N–H and O–H groups in total. The average Bonchev–Trinajstić information content (AvgIpc) is 3.21. The lowest BCUT2D eigenvalue weighted by molar-refractivity contribution is -0.118. The van der Waals surface area contributed by atoms with Crippen molar-refractivity contribution < 1.29 is 9.53 Å². The Labute approximate surface area is 163 Å². The zero-order chi connectivity index (χ0) is 19.2. The van der Waals surface area contributed by atoms with E-state index in [0.717, 1.165) is 16.3 Å². The number of rotatable bonds is 7. The standard InChI is InChI=1S/C20H22N4O2S/c1-14(2)15-7-8-19(18(9-15)24-12-21-22-13-24)26-11-20(25)23-16-5-4-6-17(10-16)27-3/h4-10,12-14H,11H2,1-3H3,(H,23,25). The molecule has 2 aromatic carbocycles. The summed E-state index contributed by atoms with van der Waals surface area (Å²) in [5.74, 6) is 0.768. The molecule has 0 bridgehead atoms. The molecule has 0 aliphatic carbocycles. The second-order valence-electron chi connectivity index (χ2n) is 6.32. The first-order valence-corrected chi connectivity index (χ1v) is 9.85. The Morgan fingerprint density at radius 1 is 1.19 bits per heavy atom. The highest BCUT2D eigenvalue weighted by Crippen LogP contribution is 2.27. The molecule has 0 aliphatic rings. The number of hydrogen-bond donors (Lipinski definition) is 1. The van der Waals surface area contributed by atoms with Crippen LogP contribution in [0.25, 0.3) is 5.69 Å². The third-order valence-electron chi connectivity index (χ3n) is 4.06. The average molecular weight is 382 g/mol. The summed E-state index contributed by atoms with van der Waals surface area (Å²) in [5.41, 5.74) is 2.73. The van der Waals surface area contributed by atoms with Crippen LogP contribution < -0.4 is 10.1 Å². The van der Waals surface area contributed by atoms with E-state index < -0.39 is 0 Å². The lowest BCUT2D eigenvalue weighted by Gasteiger charge is -2.15. The molecule has 0 unspecified atom stereocenters. The summed E-state index contributed by atoms with van der Waals surface area (Å²) in [7, 11) is 0. The van der Waals surface area contributed by atoms with Gasteiger partial charge in [-0.05, 0) is 48.1 Å². The van der Waals surface area contributed by atoms with Gasteiger partial charge >= 0.3 is 0 Å². The Hall–Kier alpha value is -2.80. The first-order valence-electron chi connectivity index (χ1n) is 8.62. The minimum absolute atomic E-state index is 0.0837. The van der Waals surface area contributed by atoms with Crippen molar-refractivity contribution in [3.05, 3.63) is 60.7 Å². The number of ether oxygens (including phenoxy) is 1. The summed E-state index contributed by atoms with van der Waals surface area (Å²) in [5, 5.41) is 10.6. The maximum Gasteiger partial charge on any atom is 0.262 e. The van der Waals surface area contributed by atoms with Crippen LogP contribution in [0.3, 0.4) is 0 Å². The second kappa shape index (κ2) is 8.73. The van der Waals surface area contributed by atoms with Gasteiger partial charge in [-0.25, -0.2) is 0 Å². The highest BCUT2D eigenvalue weighted by atomic mass is 32.2. The number of nitrogens with zero attached hydrogens (tertiary/aromatic N) is 3. The third kappa shape index (κ3) is 4.89. The Bertz CT molecular complexity index is 910. The van der Waals surface area contributed by atoms with Crippen molar-refractivity contribution in [3.8, 4) is 11.4 Å². The maximum absolute atomic E-state index is 12.3. The summed E-state index contributed by atoms with van der Waals surface area (Å²) in [6, 6.07) is 13.6. The molecule has 0 aliphatic heterocycles. The van der Waals surface area contributed by atoms with Crippen molar-refractivity contribution >= 4 is 23.4 Å². The summed E-state index contributed by atoms with van der Waals surface area (Å²) < 4.78 is 7.57. The van der Waals surface area contributed by atoms with Gasteiger partial charge in [0.1, 0.15) is 18.4 Å². The van der Waals surface area contributed by atoms with E-state index in [0.29, 0.717) is 11.7 Å². The van der Waals surface area contributed by atoms with Crippen LogP contribution in [-0.2, 0) is 4.79 Å². The number of nitrogens with one attached hydrogen (secondary N) is 1. The van der Waals surface area contributed by atoms with Crippen LogP contribution in [0.1, 0.15) is 25.3 Å². The van der Waals surface area contributed by atoms with Crippen LogP contribution in [0.15, 0.2) is 60.0 Å². The van der Waals surface area contributed by atoms with E-state index in [1.54, 1.807) is 29.0 Å². The van der Waals surface area contributed by atoms with Crippen molar-refractivity contribution in [2.75, 3.05) is 18.2 Å². The Kier molecular flexibility index (Phi) is 6.13. The molecule has 0 saturated carbocycles. The monoisotopic (exact) mass is 382 g/mol. The van der Waals surface area contributed by atoms with E-state index in [4.69, 9.17) is 4.74 Å². The van der Waals surface area contributed by atoms with Gasteiger partial charge in [0.05, 0.1) is 5.69 Å². The number of carbonyl (C=O) groups is 1. The predicted octanol–water partition coefficient (Wildman–Crippen LogP) is 4.13. The van der Waals surface area contributed by atoms with Gasteiger partial charge in [0, 0.05) is 10.6 Å². The molecule has 0 saturated heterocycles. The van der Waals surface area contributed by atoms with Gasteiger partial charge in [-0.3, -0.25) is 9.36 Å². The second-order valence-corrected chi connectivity index (χ2v) is 7.20. The highest BCUT2D eigenvalue weighted by molar-refractivity contribution is 7.98. The van der Waals surface area contributed by atoms with Crippen molar-refractivity contribution in [2.24, 2.45) is 0 Å². The molecule has 27 heavy (non-hydrogen) atoms. The van der Waals surface area contributed by atoms with Crippen molar-refractivity contribution in [2.45, 2.75) is 24.7 Å². The number of benzene rings is 2. The number of hydrogen-bond acceptors (Lipinski definition) is 5. The maximum atomic E-state index is 12.3. The molecule has 0 atom stereocenters. The van der Waals surface area contributed by atoms with Crippen molar-refractivity contribution in [1.82, 2.24) is 14.8 Å². The van der Waals surface area contributed by atoms with Gasteiger partial charge in [0.2, 0.25) is 0 Å². The van der Waals surface area contributed by atoms with Crippen molar-refractivity contribution in [1.29, 1.82) is 0 Å². The molecule has 1 heterocycles. The fourth-order valence-electron chi connectivity index (χ4n) is 2.58. The number of amides is 1. The van der Waals surface area contributed by atoms with Gasteiger partial charge in [-0.1, -0.05) is 26.0 Å². The fourth-order valence-corrected chi connectivity index (χ4v) is 3.04. The molecule has 1 aromatic heterocycles. The van der Waals surface area contributed by atoms with E-state index in [9.17, 15) is 4.79 Å². The molecular formula is C20H22N4O2S. The predicted molar refractivity (Wildman–Crippen MR) is 108 cm³/mol. The Morgan fingerprint density at radius 3 is 2.67 bits per heavy atom. The summed E-state index contributed by atoms with van der Waals surface area (Å²) in [4.78, 5) is 13.4. The third-order valence-corrected chi connectivity index (χ3v) is 4.78. The smallest absolute Gasteiger partial charge is 0.262 e. The van der Waals surface area contributed by atoms with Gasteiger partial charge < -0.3 is 10.1 Å². The summed E-state index contributed by atoms with van der Waals surface area (Å²) in [6.07, 6.45) is 5.22. The fraction of sp³-hybridized carbons (Fsp3) is 0.250. The van der Waals surface area contributed by atoms with E-state index in [1.807, 2.05) is 48.7 Å². The molecule has 0 spiro atoms. The molecule has 0 radical (unpaired) electrons. The molecule has 3 rings (SSSR count). The molecule has 1 amide bonds. The zero-order valence-corrected chi connectivity index (χ0v) is 16.4. The lowest BCUT2D eigenvalue weighted by Crippen LogP contribution is -2.20. The quantitative estimate of drug-likeness (QED) is 0.622. The summed E-state index contributed by atoms with van der Waals surface area (Å²) >= 11 is 1.63. The number of carbonyl (C=O) groups excluding carboxylic acids is 1. The van der Waals surface area contributed by atoms with Gasteiger partial charge in [-0.15, -0.1) is 22.0 Å². The molecule has 6 nitrogen and oxygen atoms in total. The van der Waals surface area contributed by atoms with Crippen LogP contribution in [0.5, 0.6) is 5.75 Å². The van der Waals surface area contributed by atoms with Gasteiger partial charge in [-0.2, -0.15) is 0 Å². The van der Waals surface area contributed by atoms with Gasteiger partial charge in [0.25, 0.3) is 5.91 Å². The topological polar surface area (TPSA) is 69.0 Å². The van der Waals surface area contributed by atoms with Crippen LogP contribution in [0.4, 0.5) is 5.69 Å².